The molecule has 2 rings (SSSR count). The van der Waals surface area contributed by atoms with Gasteiger partial charge in [-0.25, -0.2) is 0 Å². The Morgan fingerprint density at radius 3 is 2.23 bits per heavy atom. The van der Waals surface area contributed by atoms with Crippen LogP contribution in [-0.2, 0) is 16.5 Å². The van der Waals surface area contributed by atoms with Gasteiger partial charge in [0.25, 0.3) is 10.1 Å². The van der Waals surface area contributed by atoms with Crippen molar-refractivity contribution >= 4 is 10.1 Å². The Bertz CT molecular complexity index is 815. The summed E-state index contributed by atoms with van der Waals surface area (Å²) in [5.74, 6) is 0.0433. The van der Waals surface area contributed by atoms with Crippen molar-refractivity contribution in [3.63, 3.8) is 0 Å². The fourth-order valence-electron chi connectivity index (χ4n) is 2.89. The molecule has 0 fully saturated rings. The topological polar surface area (TPSA) is 83.8 Å². The van der Waals surface area contributed by atoms with Gasteiger partial charge < -0.3 is 9.84 Å². The molecule has 0 radical (unpaired) electrons. The fourth-order valence-corrected chi connectivity index (χ4v) is 3.75. The van der Waals surface area contributed by atoms with Crippen molar-refractivity contribution in [1.29, 1.82) is 0 Å². The monoisotopic (exact) mass is 378 g/mol. The maximum Gasteiger partial charge on any atom is 0.298 e. The van der Waals surface area contributed by atoms with Crippen molar-refractivity contribution in [3.8, 4) is 17.2 Å². The molecule has 0 spiro atoms. The van der Waals surface area contributed by atoms with E-state index in [1.807, 2.05) is 0 Å². The third-order valence-corrected chi connectivity index (χ3v) is 5.18. The second kappa shape index (κ2) is 9.59. The zero-order chi connectivity index (χ0) is 19.0. The predicted molar refractivity (Wildman–Crippen MR) is 102 cm³/mol. The lowest BCUT2D eigenvalue weighted by atomic mass is 10.0. The van der Waals surface area contributed by atoms with Gasteiger partial charge in [0.2, 0.25) is 0 Å². The molecule has 0 amide bonds. The summed E-state index contributed by atoms with van der Waals surface area (Å²) in [5, 5.41) is 9.84. The van der Waals surface area contributed by atoms with Crippen LogP contribution in [0.4, 0.5) is 0 Å². The lowest BCUT2D eigenvalue weighted by molar-refractivity contribution is 0.401. The summed E-state index contributed by atoms with van der Waals surface area (Å²) in [6.07, 6.45) is 7.07. The van der Waals surface area contributed by atoms with Crippen molar-refractivity contribution < 1.29 is 22.8 Å². The molecule has 2 N–H and O–H groups in total. The first-order chi connectivity index (χ1) is 12.4. The number of phenolic OH excluding ortho intramolecular Hbond substituents is 1. The van der Waals surface area contributed by atoms with Crippen molar-refractivity contribution in [1.82, 2.24) is 0 Å². The number of hydrogen-bond donors (Lipinski definition) is 2. The lowest BCUT2D eigenvalue weighted by Gasteiger charge is -2.14. The molecule has 0 atom stereocenters. The summed E-state index contributed by atoms with van der Waals surface area (Å²) in [6, 6.07) is 11.1. The van der Waals surface area contributed by atoms with Gasteiger partial charge >= 0.3 is 0 Å². The molecule has 5 nitrogen and oxygen atoms in total. The molecule has 6 heteroatoms. The molecule has 2 aromatic carbocycles. The molecule has 142 valence electrons. The van der Waals surface area contributed by atoms with Gasteiger partial charge in [-0.2, -0.15) is 8.42 Å². The van der Waals surface area contributed by atoms with Crippen LogP contribution in [-0.4, -0.2) is 18.1 Å². The third kappa shape index (κ3) is 5.75. The average molecular weight is 378 g/mol. The molecule has 0 aliphatic heterocycles. The van der Waals surface area contributed by atoms with Gasteiger partial charge in [-0.05, 0) is 36.6 Å². The van der Waals surface area contributed by atoms with Gasteiger partial charge in [-0.15, -0.1) is 0 Å². The minimum absolute atomic E-state index is 0.0116. The average Bonchev–Trinajstić information content (AvgIpc) is 2.59. The van der Waals surface area contributed by atoms with Crippen LogP contribution in [0.15, 0.2) is 47.4 Å². The maximum absolute atomic E-state index is 11.9. The van der Waals surface area contributed by atoms with Crippen LogP contribution in [0, 0.1) is 0 Å². The quantitative estimate of drug-likeness (QED) is 0.431. The molecule has 0 bridgehead atoms. The number of ether oxygens (including phenoxy) is 1. The highest BCUT2D eigenvalue weighted by atomic mass is 32.2. The Labute approximate surface area is 155 Å². The van der Waals surface area contributed by atoms with E-state index < -0.39 is 10.1 Å². The van der Waals surface area contributed by atoms with E-state index in [9.17, 15) is 18.1 Å². The van der Waals surface area contributed by atoms with Crippen molar-refractivity contribution in [3.05, 3.63) is 48.0 Å². The first kappa shape index (κ1) is 20.3. The maximum atomic E-state index is 11.9. The van der Waals surface area contributed by atoms with Crippen LogP contribution in [0.5, 0.6) is 17.2 Å². The van der Waals surface area contributed by atoms with Gasteiger partial charge in [-0.3, -0.25) is 4.55 Å². The Morgan fingerprint density at radius 1 is 0.885 bits per heavy atom. The number of phenols is 1. The van der Waals surface area contributed by atoms with Gasteiger partial charge in [-0.1, -0.05) is 63.3 Å². The van der Waals surface area contributed by atoms with Crippen LogP contribution >= 0.6 is 0 Å². The number of benzene rings is 2. The first-order valence-electron chi connectivity index (χ1n) is 8.98. The van der Waals surface area contributed by atoms with Gasteiger partial charge in [0.05, 0.1) is 0 Å². The van der Waals surface area contributed by atoms with Crippen molar-refractivity contribution in [2.45, 2.75) is 56.8 Å². The number of rotatable bonds is 10. The van der Waals surface area contributed by atoms with E-state index in [4.69, 9.17) is 4.74 Å². The number of aromatic hydroxyl groups is 1. The molecule has 0 saturated heterocycles. The highest BCUT2D eigenvalue weighted by Crippen LogP contribution is 2.35. The molecule has 0 aromatic heterocycles. The van der Waals surface area contributed by atoms with Gasteiger partial charge in [0, 0.05) is 0 Å². The molecule has 0 saturated carbocycles. The highest BCUT2D eigenvalue weighted by molar-refractivity contribution is 7.86. The molecule has 0 aliphatic carbocycles. The highest BCUT2D eigenvalue weighted by Gasteiger charge is 2.22. The number of unbranched alkanes of at least 4 members (excludes halogenated alkanes) is 5. The Kier molecular flexibility index (Phi) is 7.48. The number of hydrogen-bond acceptors (Lipinski definition) is 4. The van der Waals surface area contributed by atoms with Crippen LogP contribution in [0.1, 0.15) is 51.0 Å². The van der Waals surface area contributed by atoms with Crippen LogP contribution in [0.25, 0.3) is 0 Å². The van der Waals surface area contributed by atoms with Crippen molar-refractivity contribution in [2.75, 3.05) is 0 Å². The third-order valence-electron chi connectivity index (χ3n) is 4.20. The van der Waals surface area contributed by atoms with Gasteiger partial charge in [0.15, 0.2) is 11.5 Å². The smallest absolute Gasteiger partial charge is 0.298 e. The van der Waals surface area contributed by atoms with Crippen LogP contribution < -0.4 is 4.74 Å². The van der Waals surface area contributed by atoms with E-state index >= 15 is 0 Å². The van der Waals surface area contributed by atoms with E-state index in [2.05, 4.69) is 6.92 Å². The first-order valence-corrected chi connectivity index (χ1v) is 10.4. The molecule has 2 aromatic rings. The van der Waals surface area contributed by atoms with E-state index in [0.29, 0.717) is 12.0 Å². The minimum Gasteiger partial charge on any atom is -0.504 e. The zero-order valence-corrected chi connectivity index (χ0v) is 15.8. The molecular weight excluding hydrogens is 352 g/mol. The molecular formula is C20H26O5S. The summed E-state index contributed by atoms with van der Waals surface area (Å²) in [6.45, 7) is 2.16. The van der Waals surface area contributed by atoms with Crippen LogP contribution in [0.3, 0.4) is 0 Å². The molecule has 0 heterocycles. The minimum atomic E-state index is -4.46. The largest absolute Gasteiger partial charge is 0.504 e. The molecule has 0 aliphatic rings. The fraction of sp³-hybridized carbons (Fsp3) is 0.400. The Balaban J connectivity index is 2.20. The zero-order valence-electron chi connectivity index (χ0n) is 15.0. The summed E-state index contributed by atoms with van der Waals surface area (Å²) in [4.78, 5) is -0.225. The molecule has 0 unspecified atom stereocenters. The molecule has 26 heavy (non-hydrogen) atoms. The lowest BCUT2D eigenvalue weighted by Crippen LogP contribution is -2.06. The summed E-state index contributed by atoms with van der Waals surface area (Å²) in [7, 11) is -4.46. The van der Waals surface area contributed by atoms with Crippen LogP contribution in [0.2, 0.25) is 0 Å². The van der Waals surface area contributed by atoms with E-state index in [1.54, 1.807) is 24.3 Å². The predicted octanol–water partition coefficient (Wildman–Crippen LogP) is 5.33. The Hall–Kier alpha value is -2.05. The van der Waals surface area contributed by atoms with E-state index in [1.165, 1.54) is 37.5 Å². The summed E-state index contributed by atoms with van der Waals surface area (Å²) < 4.78 is 39.2. The SMILES string of the molecule is CCCCCCCCc1cccc(Oc2ccccc2O)c1S(=O)(=O)O. The number of para-hydroxylation sites is 2. The number of aryl methyl sites for hydroxylation is 1. The van der Waals surface area contributed by atoms with Gasteiger partial charge in [0.1, 0.15) is 10.6 Å². The standard InChI is InChI=1S/C20H26O5S/c1-2-3-4-5-6-7-11-16-12-10-15-19(20(16)26(22,23)24)25-18-14-9-8-13-17(18)21/h8-10,12-15,21H,2-7,11H2,1H3,(H,22,23,24). The summed E-state index contributed by atoms with van der Waals surface area (Å²) in [5.41, 5.74) is 0.524. The Morgan fingerprint density at radius 2 is 1.54 bits per heavy atom. The van der Waals surface area contributed by atoms with E-state index in [-0.39, 0.29) is 22.1 Å². The van der Waals surface area contributed by atoms with E-state index in [0.717, 1.165) is 19.3 Å². The second-order valence-electron chi connectivity index (χ2n) is 6.31. The van der Waals surface area contributed by atoms with Crippen molar-refractivity contribution in [2.24, 2.45) is 0 Å². The normalized spacial score (nSPS) is 11.5. The summed E-state index contributed by atoms with van der Waals surface area (Å²) >= 11 is 0. The second-order valence-corrected chi connectivity index (χ2v) is 7.67.